The minimum atomic E-state index is -4.65. The molecule has 0 saturated carbocycles. The molecule has 78 heavy (non-hydrogen) atoms. The summed E-state index contributed by atoms with van der Waals surface area (Å²) in [5, 5.41) is 2.94. The lowest BCUT2D eigenvalue weighted by atomic mass is 9.63. The Bertz CT molecular complexity index is 5620. The van der Waals surface area contributed by atoms with E-state index in [-0.39, 0.29) is 27.7 Å². The maximum Gasteiger partial charge on any atom is 0.269 e. The highest BCUT2D eigenvalue weighted by molar-refractivity contribution is 6.11. The van der Waals surface area contributed by atoms with Gasteiger partial charge in [-0.25, -0.2) is 4.98 Å². The third-order valence-corrected chi connectivity index (χ3v) is 14.5. The van der Waals surface area contributed by atoms with Gasteiger partial charge in [-0.05, 0) is 152 Å². The summed E-state index contributed by atoms with van der Waals surface area (Å²) in [6, 6.07) is 38.3. The Labute approximate surface area is 489 Å². The molecule has 0 aliphatic heterocycles. The Morgan fingerprint density at radius 3 is 2.15 bits per heavy atom. The molecule has 4 aromatic heterocycles. The Kier molecular flexibility index (Phi) is 6.48. The van der Waals surface area contributed by atoms with Crippen molar-refractivity contribution in [2.75, 3.05) is 0 Å². The number of nitrogens with zero attached hydrogens (tertiary/aromatic N) is 4. The molecule has 6 nitrogen and oxygen atoms in total. The number of hydrogen-bond donors (Lipinski definition) is 0. The van der Waals surface area contributed by atoms with Crippen LogP contribution in [-0.2, 0) is 16.2 Å². The number of imidazole rings is 1. The molecule has 1 aliphatic carbocycles. The van der Waals surface area contributed by atoms with Crippen molar-refractivity contribution < 1.29 is 46.6 Å². The topological polar surface area (TPSA) is 49.0 Å². The van der Waals surface area contributed by atoms with Gasteiger partial charge in [0.2, 0.25) is 0 Å². The number of para-hydroxylation sites is 2. The van der Waals surface area contributed by atoms with E-state index in [9.17, 15) is 12.3 Å². The lowest BCUT2D eigenvalue weighted by Gasteiger charge is -2.42. The first-order valence-corrected chi connectivity index (χ1v) is 25.2. The quantitative estimate of drug-likeness (QED) is 0.113. The molecule has 0 spiro atoms. The van der Waals surface area contributed by atoms with Crippen molar-refractivity contribution in [2.24, 2.45) is 0 Å². The third kappa shape index (κ3) is 7.92. The molecule has 6 heteroatoms. The average molecular weight is 1040 g/mol. The number of rotatable bonds is 8. The van der Waals surface area contributed by atoms with E-state index >= 15 is 0 Å². The van der Waals surface area contributed by atoms with Crippen LogP contribution >= 0.6 is 0 Å². The first-order chi connectivity index (χ1) is 47.6. The standard InChI is InChI=1S/C72H60N4O2/c1-70(2,3)50-34-37-73-68(40-50)76-62-27-15-14-24-56(62)57-32-30-53(42-63(57)76)77-52-23-16-22-51(41-52)74-45-75(64-43-59-58-31-28-48(46-18-10-8-11-19-46)39-66(58)78-67(59)44-65(64)74)69-54(47-20-12-9-13-21-47)25-17-26-55(69)49-29-33-60-61(38-49)72(6,7)36-35-71(60,4)5/h8-34,37-44H,35-36H2,1-7H3/i4D3,5D3,6D3,7D3,9D,12D,13D,20D,21D,29D,33D,35D2,36D2,38D. The van der Waals surface area contributed by atoms with E-state index in [2.05, 4.69) is 37.7 Å². The van der Waals surface area contributed by atoms with Gasteiger partial charge in [0.25, 0.3) is 6.33 Å². The largest absolute Gasteiger partial charge is 0.458 e. The maximum atomic E-state index is 10.4. The van der Waals surface area contributed by atoms with Gasteiger partial charge in [0.1, 0.15) is 28.5 Å². The number of pyridine rings is 1. The molecule has 0 amide bonds. The second-order valence-corrected chi connectivity index (χ2v) is 20.5. The van der Waals surface area contributed by atoms with Gasteiger partial charge in [0, 0.05) is 55.7 Å². The van der Waals surface area contributed by atoms with Crippen LogP contribution in [0.1, 0.15) is 111 Å². The van der Waals surface area contributed by atoms with Gasteiger partial charge >= 0.3 is 0 Å². The molecule has 4 heterocycles. The molecule has 0 fully saturated rings. The second-order valence-electron chi connectivity index (χ2n) is 20.5. The zero-order chi connectivity index (χ0) is 73.6. The second kappa shape index (κ2) is 17.8. The number of fused-ring (bicyclic) bond motifs is 8. The Balaban J connectivity index is 1.09. The normalized spacial score (nSPS) is 20.6. The van der Waals surface area contributed by atoms with Crippen LogP contribution in [0.2, 0.25) is 0 Å². The summed E-state index contributed by atoms with van der Waals surface area (Å²) in [6.45, 7) is -11.1. The molecular formula is C72H60N4O2. The van der Waals surface area contributed by atoms with E-state index in [0.717, 1.165) is 38.5 Å². The van der Waals surface area contributed by atoms with Crippen LogP contribution in [0, 0.1) is 6.33 Å². The van der Waals surface area contributed by atoms with Crippen molar-refractivity contribution in [2.45, 2.75) is 77.2 Å². The fourth-order valence-corrected chi connectivity index (χ4v) is 10.6. The highest BCUT2D eigenvalue weighted by Gasteiger charge is 2.37. The molecule has 0 saturated heterocycles. The molecule has 0 atom stereocenters. The molecular weight excluding hydrogens is 953 g/mol. The van der Waals surface area contributed by atoms with Crippen molar-refractivity contribution in [3.63, 3.8) is 0 Å². The fraction of sp³-hybridized carbons (Fsp3) is 0.167. The average Bonchev–Trinajstić information content (AvgIpc) is 1.14. The van der Waals surface area contributed by atoms with Crippen molar-refractivity contribution in [3.8, 4) is 62.1 Å². The fourth-order valence-electron chi connectivity index (χ4n) is 10.6. The van der Waals surface area contributed by atoms with Crippen LogP contribution in [0.3, 0.4) is 0 Å². The molecule has 9 aromatic carbocycles. The van der Waals surface area contributed by atoms with Crippen molar-refractivity contribution in [3.05, 3.63) is 235 Å². The van der Waals surface area contributed by atoms with E-state index in [1.807, 2.05) is 97.1 Å². The lowest BCUT2D eigenvalue weighted by molar-refractivity contribution is -0.571. The smallest absolute Gasteiger partial charge is 0.269 e. The first-order valence-electron chi connectivity index (χ1n) is 37.2. The number of furan rings is 1. The Morgan fingerprint density at radius 1 is 0.603 bits per heavy atom. The minimum absolute atomic E-state index is 0.141. The molecule has 380 valence electrons. The van der Waals surface area contributed by atoms with Gasteiger partial charge in [-0.1, -0.05) is 175 Å². The molecule has 0 unspecified atom stereocenters. The highest BCUT2D eigenvalue weighted by atomic mass is 16.5. The molecule has 14 rings (SSSR count). The van der Waals surface area contributed by atoms with E-state index in [4.69, 9.17) is 34.7 Å². The van der Waals surface area contributed by atoms with Crippen LogP contribution in [0.5, 0.6) is 11.5 Å². The summed E-state index contributed by atoms with van der Waals surface area (Å²) in [5.74, 6) is 1.39. The van der Waals surface area contributed by atoms with E-state index in [1.165, 1.54) is 22.8 Å². The van der Waals surface area contributed by atoms with Gasteiger partial charge in [0.15, 0.2) is 0 Å². The summed E-state index contributed by atoms with van der Waals surface area (Å²) in [4.78, 5) is 4.83. The summed E-state index contributed by atoms with van der Waals surface area (Å²) >= 11 is 0. The molecule has 0 N–H and O–H groups in total. The van der Waals surface area contributed by atoms with E-state index in [0.29, 0.717) is 44.9 Å². The summed E-state index contributed by atoms with van der Waals surface area (Å²) in [5.41, 5.74) is -9.27. The SMILES string of the molecule is [2H]c1c([2H])c([2H])c(-c2cccc(-c3c([2H])c([2H])c4c(c3[2H])C(C([2H])([2H])[2H])(C([2H])([2H])[2H])C([2H])([2H])C([2H])([2H])C4(C([2H])([2H])[2H])C([2H])([2H])[2H])c2-[n+]2[c-]n(-c3cccc(Oc4ccc5c6ccccc6n(-c6cc(C(C)(C)C)ccn6)c5c4)c3)c3cc4oc5cc(-c6ccccc6)ccc5c4cc32)c([2H])c1[2H]. The van der Waals surface area contributed by atoms with Gasteiger partial charge in [0.05, 0.1) is 44.4 Å². The molecule has 0 radical (unpaired) electrons. The monoisotopic (exact) mass is 1040 g/mol. The van der Waals surface area contributed by atoms with E-state index in [1.54, 1.807) is 47.2 Å². The van der Waals surface area contributed by atoms with Gasteiger partial charge in [-0.3, -0.25) is 13.7 Å². The molecule has 1 aliphatic rings. The number of hydrogen-bond acceptors (Lipinski definition) is 3. The number of benzene rings is 9. The maximum absolute atomic E-state index is 10.4. The first kappa shape index (κ1) is 28.4. The van der Waals surface area contributed by atoms with Crippen LogP contribution in [0.25, 0.3) is 105 Å². The predicted molar refractivity (Wildman–Crippen MR) is 320 cm³/mol. The van der Waals surface area contributed by atoms with Gasteiger partial charge in [-0.15, -0.1) is 0 Å². The van der Waals surface area contributed by atoms with Crippen LogP contribution < -0.4 is 9.30 Å². The zero-order valence-corrected chi connectivity index (χ0v) is 42.2. The van der Waals surface area contributed by atoms with Crippen LogP contribution in [0.4, 0.5) is 0 Å². The van der Waals surface area contributed by atoms with Crippen molar-refractivity contribution >= 4 is 54.8 Å². The number of ether oxygens (including phenoxy) is 1. The van der Waals surface area contributed by atoms with Gasteiger partial charge in [-0.2, -0.15) is 0 Å². The van der Waals surface area contributed by atoms with E-state index < -0.39 is 127 Å². The van der Waals surface area contributed by atoms with Crippen molar-refractivity contribution in [1.82, 2.24) is 14.1 Å². The Hall–Kier alpha value is -9.00. The lowest BCUT2D eigenvalue weighted by Crippen LogP contribution is -2.34. The van der Waals surface area contributed by atoms with Gasteiger partial charge < -0.3 is 9.15 Å². The van der Waals surface area contributed by atoms with Crippen molar-refractivity contribution in [1.29, 1.82) is 0 Å². The minimum Gasteiger partial charge on any atom is -0.458 e. The molecule has 0 bridgehead atoms. The van der Waals surface area contributed by atoms with Crippen LogP contribution in [-0.4, -0.2) is 14.1 Å². The predicted octanol–water partition coefficient (Wildman–Crippen LogP) is 18.5. The van der Waals surface area contributed by atoms with Crippen LogP contribution in [0.15, 0.2) is 217 Å². The Morgan fingerprint density at radius 2 is 1.33 bits per heavy atom. The highest BCUT2D eigenvalue weighted by Crippen LogP contribution is 2.48. The summed E-state index contributed by atoms with van der Waals surface area (Å²) in [7, 11) is 0. The third-order valence-electron chi connectivity index (χ3n) is 14.5. The zero-order valence-electron chi connectivity index (χ0n) is 66.2. The number of aromatic nitrogens is 4. The summed E-state index contributed by atoms with van der Waals surface area (Å²) < 4.78 is 240. The molecule has 13 aromatic rings. The summed E-state index contributed by atoms with van der Waals surface area (Å²) in [6.07, 6.45) is -4.12.